The molecule has 4 unspecified atom stereocenters. The van der Waals surface area contributed by atoms with Crippen LogP contribution in [0.5, 0.6) is 0 Å². The predicted octanol–water partition coefficient (Wildman–Crippen LogP) is 2.83. The summed E-state index contributed by atoms with van der Waals surface area (Å²) in [6.45, 7) is 12.9. The molecular weight excluding hydrogens is 158 g/mol. The zero-order valence-corrected chi connectivity index (χ0v) is 9.96. The Morgan fingerprint density at radius 3 is 2.31 bits per heavy atom. The van der Waals surface area contributed by atoms with Crippen LogP contribution in [0.2, 0.25) is 0 Å². The lowest BCUT2D eigenvalue weighted by molar-refractivity contribution is -0.950. The molecule has 1 aliphatic heterocycles. The number of nitrogens with zero attached hydrogens (tertiary/aromatic N) is 1. The third-order valence-electron chi connectivity index (χ3n) is 4.49. The second kappa shape index (κ2) is 3.45. The summed E-state index contributed by atoms with van der Waals surface area (Å²) in [5.74, 6) is 0.737. The molecule has 0 aliphatic carbocycles. The minimum Gasteiger partial charge on any atom is -0.318 e. The highest BCUT2D eigenvalue weighted by atomic mass is 15.4. The van der Waals surface area contributed by atoms with Crippen LogP contribution in [-0.4, -0.2) is 30.2 Å². The van der Waals surface area contributed by atoms with Crippen molar-refractivity contribution in [3.05, 3.63) is 11.6 Å². The van der Waals surface area contributed by atoms with Crippen molar-refractivity contribution in [2.45, 2.75) is 46.7 Å². The highest BCUT2D eigenvalue weighted by Gasteiger charge is 2.39. The molecule has 0 saturated heterocycles. The van der Waals surface area contributed by atoms with Gasteiger partial charge in [-0.05, 0) is 33.8 Å². The van der Waals surface area contributed by atoms with E-state index in [0.29, 0.717) is 6.04 Å². The van der Waals surface area contributed by atoms with E-state index in [2.05, 4.69) is 47.7 Å². The summed E-state index contributed by atoms with van der Waals surface area (Å²) in [6, 6.07) is 1.43. The van der Waals surface area contributed by atoms with Gasteiger partial charge in [0.25, 0.3) is 0 Å². The maximum atomic E-state index is 2.45. The predicted molar refractivity (Wildman–Crippen MR) is 58.6 cm³/mol. The van der Waals surface area contributed by atoms with E-state index in [-0.39, 0.29) is 0 Å². The Morgan fingerprint density at radius 1 is 1.31 bits per heavy atom. The summed E-state index contributed by atoms with van der Waals surface area (Å²) in [6.07, 6.45) is 2.45. The normalized spacial score (nSPS) is 46.0. The van der Waals surface area contributed by atoms with E-state index < -0.39 is 0 Å². The fourth-order valence-corrected chi connectivity index (χ4v) is 2.54. The highest BCUT2D eigenvalue weighted by molar-refractivity contribution is 5.10. The lowest BCUT2D eigenvalue weighted by atomic mass is 9.86. The molecule has 13 heavy (non-hydrogen) atoms. The first-order valence-corrected chi connectivity index (χ1v) is 5.46. The lowest BCUT2D eigenvalue weighted by Crippen LogP contribution is -2.60. The van der Waals surface area contributed by atoms with E-state index in [1.54, 1.807) is 5.57 Å². The van der Waals surface area contributed by atoms with Crippen LogP contribution in [0, 0.1) is 5.92 Å². The summed E-state index contributed by atoms with van der Waals surface area (Å²) >= 11 is 0. The molecule has 0 saturated carbocycles. The maximum absolute atomic E-state index is 2.45. The minimum absolute atomic E-state index is 0.677. The maximum Gasteiger partial charge on any atom is 0.105 e. The Kier molecular flexibility index (Phi) is 2.86. The fourth-order valence-electron chi connectivity index (χ4n) is 2.54. The first-order valence-electron chi connectivity index (χ1n) is 5.46. The van der Waals surface area contributed by atoms with Gasteiger partial charge in [-0.25, -0.2) is 0 Å². The van der Waals surface area contributed by atoms with E-state index in [9.17, 15) is 0 Å². The van der Waals surface area contributed by atoms with Crippen LogP contribution in [0.4, 0.5) is 0 Å². The molecule has 1 rings (SSSR count). The van der Waals surface area contributed by atoms with Crippen molar-refractivity contribution in [3.63, 3.8) is 0 Å². The monoisotopic (exact) mass is 182 g/mol. The Labute approximate surface area is 83.0 Å². The summed E-state index contributed by atoms with van der Waals surface area (Å²) in [5, 5.41) is 0. The van der Waals surface area contributed by atoms with E-state index in [1.165, 1.54) is 11.0 Å². The number of quaternary nitrogens is 1. The van der Waals surface area contributed by atoms with Crippen molar-refractivity contribution in [2.24, 2.45) is 5.92 Å². The number of likely N-dealkylation sites (N-methyl/N-ethyl adjacent to an activating group) is 1. The second-order valence-electron chi connectivity index (χ2n) is 4.84. The lowest BCUT2D eigenvalue weighted by Gasteiger charge is -2.49. The molecular formula is C12H24N+. The van der Waals surface area contributed by atoms with Gasteiger partial charge >= 0.3 is 0 Å². The SMILES string of the molecule is CC[N+]1(C)C(C)C=C(C)C(C)C1C. The van der Waals surface area contributed by atoms with E-state index >= 15 is 0 Å². The number of hydrogen-bond donors (Lipinski definition) is 0. The molecule has 0 aromatic heterocycles. The molecule has 4 atom stereocenters. The topological polar surface area (TPSA) is 0 Å². The summed E-state index contributed by atoms with van der Waals surface area (Å²) in [5.41, 5.74) is 1.57. The molecule has 1 nitrogen and oxygen atoms in total. The molecule has 0 aromatic rings. The molecule has 0 bridgehead atoms. The van der Waals surface area contributed by atoms with Crippen LogP contribution < -0.4 is 0 Å². The second-order valence-corrected chi connectivity index (χ2v) is 4.84. The summed E-state index contributed by atoms with van der Waals surface area (Å²) in [4.78, 5) is 0. The van der Waals surface area contributed by atoms with Crippen molar-refractivity contribution in [1.29, 1.82) is 0 Å². The van der Waals surface area contributed by atoms with Crippen LogP contribution in [-0.2, 0) is 0 Å². The highest BCUT2D eigenvalue weighted by Crippen LogP contribution is 2.32. The van der Waals surface area contributed by atoms with Gasteiger partial charge in [0.1, 0.15) is 6.04 Å². The van der Waals surface area contributed by atoms with Gasteiger partial charge in [0.05, 0.1) is 19.6 Å². The van der Waals surface area contributed by atoms with Gasteiger partial charge in [0.15, 0.2) is 0 Å². The Morgan fingerprint density at radius 2 is 1.85 bits per heavy atom. The van der Waals surface area contributed by atoms with E-state index in [1.807, 2.05) is 0 Å². The molecule has 76 valence electrons. The van der Waals surface area contributed by atoms with Gasteiger partial charge in [-0.15, -0.1) is 0 Å². The molecule has 1 aliphatic rings. The Hall–Kier alpha value is -0.300. The van der Waals surface area contributed by atoms with E-state index in [0.717, 1.165) is 12.0 Å². The molecule has 0 amide bonds. The van der Waals surface area contributed by atoms with Gasteiger partial charge in [-0.1, -0.05) is 12.5 Å². The first kappa shape index (κ1) is 10.8. The van der Waals surface area contributed by atoms with Crippen LogP contribution in [0.25, 0.3) is 0 Å². The van der Waals surface area contributed by atoms with Crippen LogP contribution in [0.1, 0.15) is 34.6 Å². The summed E-state index contributed by atoms with van der Waals surface area (Å²) < 4.78 is 1.19. The van der Waals surface area contributed by atoms with Gasteiger partial charge in [0.2, 0.25) is 0 Å². The fraction of sp³-hybridized carbons (Fsp3) is 0.833. The number of hydrogen-bond acceptors (Lipinski definition) is 0. The zero-order valence-electron chi connectivity index (χ0n) is 9.96. The molecule has 1 heteroatoms. The van der Waals surface area contributed by atoms with Gasteiger partial charge in [-0.2, -0.15) is 0 Å². The van der Waals surface area contributed by atoms with Crippen LogP contribution >= 0.6 is 0 Å². The zero-order chi connectivity index (χ0) is 10.2. The van der Waals surface area contributed by atoms with Gasteiger partial charge < -0.3 is 4.48 Å². The number of rotatable bonds is 1. The first-order chi connectivity index (χ1) is 5.93. The quantitative estimate of drug-likeness (QED) is 0.432. The standard InChI is InChI=1S/C12H24N/c1-7-13(6)10(3)8-9(2)11(4)12(13)5/h8,10-12H,7H2,1-6H3/q+1. The Balaban J connectivity index is 3.02. The minimum atomic E-state index is 0.677. The van der Waals surface area contributed by atoms with E-state index in [4.69, 9.17) is 0 Å². The van der Waals surface area contributed by atoms with Crippen LogP contribution in [0.3, 0.4) is 0 Å². The van der Waals surface area contributed by atoms with Crippen molar-refractivity contribution < 1.29 is 4.48 Å². The molecule has 0 aromatic carbocycles. The van der Waals surface area contributed by atoms with Crippen molar-refractivity contribution in [1.82, 2.24) is 0 Å². The third kappa shape index (κ3) is 1.54. The average molecular weight is 182 g/mol. The van der Waals surface area contributed by atoms with Crippen molar-refractivity contribution >= 4 is 0 Å². The third-order valence-corrected chi connectivity index (χ3v) is 4.49. The largest absolute Gasteiger partial charge is 0.318 e. The van der Waals surface area contributed by atoms with Crippen LogP contribution in [0.15, 0.2) is 11.6 Å². The molecule has 0 radical (unpaired) electrons. The van der Waals surface area contributed by atoms with Crippen molar-refractivity contribution in [2.75, 3.05) is 13.6 Å². The molecule has 1 heterocycles. The molecule has 0 fully saturated rings. The van der Waals surface area contributed by atoms with Gasteiger partial charge in [0, 0.05) is 5.92 Å². The average Bonchev–Trinajstić information content (AvgIpc) is 2.11. The molecule has 0 N–H and O–H groups in total. The smallest absolute Gasteiger partial charge is 0.105 e. The van der Waals surface area contributed by atoms with Gasteiger partial charge in [-0.3, -0.25) is 0 Å². The van der Waals surface area contributed by atoms with Crippen molar-refractivity contribution in [3.8, 4) is 0 Å². The summed E-state index contributed by atoms with van der Waals surface area (Å²) in [7, 11) is 2.38. The Bertz CT molecular complexity index is 219. The molecule has 0 spiro atoms.